The lowest BCUT2D eigenvalue weighted by Crippen LogP contribution is -2.26. The molecule has 0 N–H and O–H groups in total. The van der Waals surface area contributed by atoms with Crippen molar-refractivity contribution in [1.82, 2.24) is 14.8 Å². The fourth-order valence-corrected chi connectivity index (χ4v) is 3.81. The summed E-state index contributed by atoms with van der Waals surface area (Å²) in [4.78, 5) is 29.7. The van der Waals surface area contributed by atoms with Gasteiger partial charge in [-0.05, 0) is 24.6 Å². The number of nitrogens with zero attached hydrogens (tertiary/aromatic N) is 3. The van der Waals surface area contributed by atoms with Crippen LogP contribution in [0.5, 0.6) is 0 Å². The molecule has 0 aliphatic rings. The molecule has 0 atom stereocenters. The van der Waals surface area contributed by atoms with Crippen molar-refractivity contribution in [3.05, 3.63) is 69.6 Å². The van der Waals surface area contributed by atoms with Crippen molar-refractivity contribution in [2.75, 3.05) is 0 Å². The van der Waals surface area contributed by atoms with Gasteiger partial charge in [0.1, 0.15) is 11.6 Å². The summed E-state index contributed by atoms with van der Waals surface area (Å²) in [6.45, 7) is 2.47. The van der Waals surface area contributed by atoms with Crippen LogP contribution >= 0.6 is 11.3 Å². The topological polar surface area (TPSA) is 74.1 Å². The maximum Gasteiger partial charge on any atom is 0.359 e. The van der Waals surface area contributed by atoms with Crippen LogP contribution in [0.1, 0.15) is 28.8 Å². The summed E-state index contributed by atoms with van der Waals surface area (Å²) in [5.41, 5.74) is 0.837. The van der Waals surface area contributed by atoms with Crippen LogP contribution < -0.4 is 5.56 Å². The third kappa shape index (κ3) is 3.33. The number of thiazole rings is 1. The van der Waals surface area contributed by atoms with Crippen LogP contribution in [0, 0.1) is 0 Å². The summed E-state index contributed by atoms with van der Waals surface area (Å²) in [5, 5.41) is 5.95. The predicted octanol–water partition coefficient (Wildman–Crippen LogP) is 3.77. The highest BCUT2D eigenvalue weighted by Crippen LogP contribution is 2.22. The first-order valence-electron chi connectivity index (χ1n) is 8.69. The number of ether oxygens (including phenoxy) is 1. The molecule has 0 radical (unpaired) electrons. The monoisotopic (exact) mass is 379 g/mol. The van der Waals surface area contributed by atoms with Crippen molar-refractivity contribution >= 4 is 38.3 Å². The van der Waals surface area contributed by atoms with Crippen molar-refractivity contribution < 1.29 is 9.53 Å². The third-order valence-corrected chi connectivity index (χ3v) is 5.17. The zero-order valence-electron chi connectivity index (χ0n) is 14.7. The molecule has 0 bridgehead atoms. The average molecular weight is 379 g/mol. The minimum absolute atomic E-state index is 0.0705. The molecule has 0 aliphatic carbocycles. The molecule has 6 nitrogen and oxygen atoms in total. The van der Waals surface area contributed by atoms with Crippen LogP contribution in [0.3, 0.4) is 0 Å². The van der Waals surface area contributed by atoms with E-state index in [0.29, 0.717) is 17.3 Å². The Hall–Kier alpha value is -3.06. The highest BCUT2D eigenvalue weighted by atomic mass is 32.1. The van der Waals surface area contributed by atoms with Gasteiger partial charge in [0.05, 0.1) is 15.6 Å². The summed E-state index contributed by atoms with van der Waals surface area (Å²) >= 11 is 1.49. The van der Waals surface area contributed by atoms with E-state index in [0.717, 1.165) is 21.6 Å². The molecule has 0 fully saturated rings. The van der Waals surface area contributed by atoms with Gasteiger partial charge in [-0.2, -0.15) is 5.10 Å². The second-order valence-electron chi connectivity index (χ2n) is 6.07. The first-order valence-corrected chi connectivity index (χ1v) is 9.50. The molecule has 2 heterocycles. The van der Waals surface area contributed by atoms with E-state index in [4.69, 9.17) is 4.74 Å². The van der Waals surface area contributed by atoms with Crippen LogP contribution in [0.15, 0.2) is 53.3 Å². The van der Waals surface area contributed by atoms with Crippen molar-refractivity contribution in [2.45, 2.75) is 26.5 Å². The van der Waals surface area contributed by atoms with Crippen LogP contribution in [-0.4, -0.2) is 20.7 Å². The fourth-order valence-electron chi connectivity index (χ4n) is 2.93. The number of benzene rings is 2. The zero-order chi connectivity index (χ0) is 18.8. The first-order chi connectivity index (χ1) is 13.2. The van der Waals surface area contributed by atoms with Gasteiger partial charge in [0.15, 0.2) is 5.69 Å². The molecule has 4 rings (SSSR count). The second kappa shape index (κ2) is 7.28. The first kappa shape index (κ1) is 17.4. The molecule has 0 amide bonds. The number of aryl methyl sites for hydroxylation is 1. The molecular weight excluding hydrogens is 362 g/mol. The van der Waals surface area contributed by atoms with Gasteiger partial charge in [0, 0.05) is 11.9 Å². The normalized spacial score (nSPS) is 11.1. The van der Waals surface area contributed by atoms with Crippen LogP contribution in [0.25, 0.3) is 21.0 Å². The molecule has 0 saturated carbocycles. The van der Waals surface area contributed by atoms with E-state index in [1.807, 2.05) is 31.2 Å². The SMILES string of the molecule is CCCn1nc(C(=O)OCc2nc3ccccc3s2)c2ccccc2c1=O. The maximum absolute atomic E-state index is 12.7. The maximum atomic E-state index is 12.7. The van der Waals surface area contributed by atoms with Crippen LogP contribution in [0.2, 0.25) is 0 Å². The molecule has 0 spiro atoms. The summed E-state index contributed by atoms with van der Waals surface area (Å²) in [6, 6.07) is 14.7. The smallest absolute Gasteiger partial charge is 0.359 e. The Kier molecular flexibility index (Phi) is 4.68. The molecule has 27 heavy (non-hydrogen) atoms. The van der Waals surface area contributed by atoms with E-state index in [1.54, 1.807) is 24.3 Å². The van der Waals surface area contributed by atoms with Gasteiger partial charge in [0.2, 0.25) is 0 Å². The average Bonchev–Trinajstić information content (AvgIpc) is 3.11. The Morgan fingerprint density at radius 2 is 1.85 bits per heavy atom. The number of carbonyl (C=O) groups excluding carboxylic acids is 1. The molecule has 2 aromatic heterocycles. The largest absolute Gasteiger partial charge is 0.453 e. The third-order valence-electron chi connectivity index (χ3n) is 4.16. The van der Waals surface area contributed by atoms with E-state index in [1.165, 1.54) is 16.0 Å². The molecular formula is C20H17N3O3S. The quantitative estimate of drug-likeness (QED) is 0.494. The number of aromatic nitrogens is 3. The van der Waals surface area contributed by atoms with Gasteiger partial charge in [0.25, 0.3) is 5.56 Å². The van der Waals surface area contributed by atoms with E-state index in [2.05, 4.69) is 10.1 Å². The van der Waals surface area contributed by atoms with Crippen molar-refractivity contribution in [1.29, 1.82) is 0 Å². The Labute approximate surface area is 159 Å². The molecule has 4 aromatic rings. The highest BCUT2D eigenvalue weighted by Gasteiger charge is 2.18. The van der Waals surface area contributed by atoms with E-state index < -0.39 is 5.97 Å². The number of hydrogen-bond donors (Lipinski definition) is 0. The van der Waals surface area contributed by atoms with E-state index in [-0.39, 0.29) is 17.9 Å². The van der Waals surface area contributed by atoms with Crippen LogP contribution in [0.4, 0.5) is 0 Å². The Bertz CT molecular complexity index is 1160. The number of rotatable bonds is 5. The van der Waals surface area contributed by atoms with Gasteiger partial charge >= 0.3 is 5.97 Å². The predicted molar refractivity (Wildman–Crippen MR) is 105 cm³/mol. The number of carbonyl (C=O) groups is 1. The van der Waals surface area contributed by atoms with Crippen molar-refractivity contribution in [3.63, 3.8) is 0 Å². The summed E-state index contributed by atoms with van der Waals surface area (Å²) in [7, 11) is 0. The molecule has 136 valence electrons. The summed E-state index contributed by atoms with van der Waals surface area (Å²) < 4.78 is 7.83. The van der Waals surface area contributed by atoms with Gasteiger partial charge in [-0.3, -0.25) is 4.79 Å². The molecule has 2 aromatic carbocycles. The van der Waals surface area contributed by atoms with Gasteiger partial charge in [-0.15, -0.1) is 11.3 Å². The Balaban J connectivity index is 1.65. The lowest BCUT2D eigenvalue weighted by Gasteiger charge is -2.09. The zero-order valence-corrected chi connectivity index (χ0v) is 15.5. The minimum Gasteiger partial charge on any atom is -0.453 e. The van der Waals surface area contributed by atoms with Crippen molar-refractivity contribution in [2.24, 2.45) is 0 Å². The second-order valence-corrected chi connectivity index (χ2v) is 7.19. The number of hydrogen-bond acceptors (Lipinski definition) is 6. The Morgan fingerprint density at radius 3 is 2.63 bits per heavy atom. The minimum atomic E-state index is -0.560. The standard InChI is InChI=1S/C20H17N3O3S/c1-2-11-23-19(24)14-8-4-3-7-13(14)18(22-23)20(25)26-12-17-21-15-9-5-6-10-16(15)27-17/h3-10H,2,11-12H2,1H3. The van der Waals surface area contributed by atoms with E-state index >= 15 is 0 Å². The van der Waals surface area contributed by atoms with Gasteiger partial charge in [-0.25, -0.2) is 14.5 Å². The summed E-state index contributed by atoms with van der Waals surface area (Å²) in [5.74, 6) is -0.560. The summed E-state index contributed by atoms with van der Waals surface area (Å²) in [6.07, 6.45) is 0.742. The number of esters is 1. The number of para-hydroxylation sites is 1. The number of fused-ring (bicyclic) bond motifs is 2. The van der Waals surface area contributed by atoms with Gasteiger partial charge in [-0.1, -0.05) is 37.3 Å². The lowest BCUT2D eigenvalue weighted by molar-refractivity contribution is 0.0465. The molecule has 0 unspecified atom stereocenters. The van der Waals surface area contributed by atoms with E-state index in [9.17, 15) is 9.59 Å². The van der Waals surface area contributed by atoms with Crippen molar-refractivity contribution in [3.8, 4) is 0 Å². The highest BCUT2D eigenvalue weighted by molar-refractivity contribution is 7.18. The lowest BCUT2D eigenvalue weighted by atomic mass is 10.1. The van der Waals surface area contributed by atoms with Crippen LogP contribution in [-0.2, 0) is 17.9 Å². The Morgan fingerprint density at radius 1 is 1.11 bits per heavy atom. The fraction of sp³-hybridized carbons (Fsp3) is 0.200. The molecule has 0 aliphatic heterocycles. The molecule has 0 saturated heterocycles. The van der Waals surface area contributed by atoms with Gasteiger partial charge < -0.3 is 4.74 Å². The molecule has 7 heteroatoms.